The molecule has 126 valence electrons. The Kier molecular flexibility index (Phi) is 4.31. The number of nitrogens with zero attached hydrogens (tertiary/aromatic N) is 2. The van der Waals surface area contributed by atoms with Crippen LogP contribution in [0.1, 0.15) is 12.5 Å². The number of fused-ring (bicyclic) bond motifs is 1. The molecule has 0 radical (unpaired) electrons. The van der Waals surface area contributed by atoms with Crippen molar-refractivity contribution in [3.8, 4) is 11.4 Å². The molecular weight excluding hydrogens is 337 g/mol. The zero-order valence-electron chi connectivity index (χ0n) is 13.1. The lowest BCUT2D eigenvalue weighted by atomic mass is 10.2. The van der Waals surface area contributed by atoms with Crippen LogP contribution in [0.4, 0.5) is 13.2 Å². The number of hydrogen-bond donors (Lipinski definition) is 0. The second-order valence-corrected chi connectivity index (χ2v) is 7.09. The average Bonchev–Trinajstić information content (AvgIpc) is 2.90. The SMILES string of the molecule is CC[S+]([O-])c1ccc(-c2nc3cc(C(F)(F)F)ccc3n2C)cc1. The highest BCUT2D eigenvalue weighted by Crippen LogP contribution is 2.32. The molecule has 1 unspecified atom stereocenters. The maximum Gasteiger partial charge on any atom is 0.416 e. The number of halogens is 3. The number of rotatable bonds is 3. The Bertz CT molecular complexity index is 872. The van der Waals surface area contributed by atoms with Crippen molar-refractivity contribution in [3.63, 3.8) is 0 Å². The topological polar surface area (TPSA) is 40.9 Å². The number of benzene rings is 2. The van der Waals surface area contributed by atoms with Crippen LogP contribution in [0.25, 0.3) is 22.4 Å². The first-order valence-electron chi connectivity index (χ1n) is 7.33. The summed E-state index contributed by atoms with van der Waals surface area (Å²) in [6.07, 6.45) is -4.39. The molecule has 0 aliphatic rings. The average molecular weight is 352 g/mol. The molecule has 0 spiro atoms. The molecule has 7 heteroatoms. The lowest BCUT2D eigenvalue weighted by Crippen LogP contribution is -2.04. The van der Waals surface area contributed by atoms with Gasteiger partial charge < -0.3 is 9.12 Å². The van der Waals surface area contributed by atoms with Gasteiger partial charge in [-0.2, -0.15) is 13.2 Å². The molecule has 1 atom stereocenters. The highest BCUT2D eigenvalue weighted by molar-refractivity contribution is 7.91. The third kappa shape index (κ3) is 3.01. The summed E-state index contributed by atoms with van der Waals surface area (Å²) in [4.78, 5) is 5.06. The summed E-state index contributed by atoms with van der Waals surface area (Å²) >= 11 is -1.04. The van der Waals surface area contributed by atoms with Gasteiger partial charge in [0.15, 0.2) is 4.90 Å². The first-order chi connectivity index (χ1) is 11.3. The van der Waals surface area contributed by atoms with Gasteiger partial charge in [0, 0.05) is 12.6 Å². The Morgan fingerprint density at radius 3 is 2.38 bits per heavy atom. The quantitative estimate of drug-likeness (QED) is 0.656. The maximum atomic E-state index is 12.8. The van der Waals surface area contributed by atoms with Crippen molar-refractivity contribution < 1.29 is 17.7 Å². The molecule has 0 bridgehead atoms. The normalized spacial score (nSPS) is 13.4. The smallest absolute Gasteiger partial charge is 0.416 e. The zero-order chi connectivity index (χ0) is 17.5. The highest BCUT2D eigenvalue weighted by Gasteiger charge is 2.31. The van der Waals surface area contributed by atoms with E-state index in [0.29, 0.717) is 22.6 Å². The van der Waals surface area contributed by atoms with Crippen LogP contribution in [0.3, 0.4) is 0 Å². The van der Waals surface area contributed by atoms with E-state index in [2.05, 4.69) is 4.98 Å². The van der Waals surface area contributed by atoms with Crippen LogP contribution in [-0.4, -0.2) is 19.9 Å². The minimum atomic E-state index is -4.39. The van der Waals surface area contributed by atoms with Crippen molar-refractivity contribution in [1.29, 1.82) is 0 Å². The van der Waals surface area contributed by atoms with Crippen LogP contribution in [0.2, 0.25) is 0 Å². The molecule has 0 amide bonds. The second kappa shape index (κ2) is 6.14. The number of aromatic nitrogens is 2. The molecule has 3 rings (SSSR count). The number of aryl methyl sites for hydroxylation is 1. The fourth-order valence-electron chi connectivity index (χ4n) is 2.56. The Labute approximate surface area is 140 Å². The Morgan fingerprint density at radius 2 is 1.79 bits per heavy atom. The van der Waals surface area contributed by atoms with E-state index in [-0.39, 0.29) is 0 Å². The van der Waals surface area contributed by atoms with Crippen molar-refractivity contribution in [2.45, 2.75) is 18.0 Å². The monoisotopic (exact) mass is 352 g/mol. The van der Waals surface area contributed by atoms with E-state index in [1.165, 1.54) is 6.07 Å². The van der Waals surface area contributed by atoms with Crippen LogP contribution in [-0.2, 0) is 24.4 Å². The Morgan fingerprint density at radius 1 is 1.12 bits per heavy atom. The first-order valence-corrected chi connectivity index (χ1v) is 8.65. The fourth-order valence-corrected chi connectivity index (χ4v) is 3.33. The second-order valence-electron chi connectivity index (χ2n) is 5.35. The minimum absolute atomic E-state index is 0.295. The lowest BCUT2D eigenvalue weighted by molar-refractivity contribution is -0.137. The lowest BCUT2D eigenvalue weighted by Gasteiger charge is -2.08. The molecule has 3 aromatic rings. The molecule has 0 saturated heterocycles. The third-order valence-corrected chi connectivity index (χ3v) is 5.17. The molecule has 3 nitrogen and oxygen atoms in total. The molecule has 0 fully saturated rings. The fraction of sp³-hybridized carbons (Fsp3) is 0.235. The van der Waals surface area contributed by atoms with Gasteiger partial charge in [0.25, 0.3) is 0 Å². The predicted molar refractivity (Wildman–Crippen MR) is 88.1 cm³/mol. The highest BCUT2D eigenvalue weighted by atomic mass is 32.2. The first kappa shape index (κ1) is 16.9. The van der Waals surface area contributed by atoms with Crippen LogP contribution < -0.4 is 0 Å². The van der Waals surface area contributed by atoms with Gasteiger partial charge in [-0.15, -0.1) is 0 Å². The molecule has 0 saturated carbocycles. The molecule has 0 N–H and O–H groups in total. The summed E-state index contributed by atoms with van der Waals surface area (Å²) in [5.74, 6) is 1.10. The largest absolute Gasteiger partial charge is 0.611 e. The summed E-state index contributed by atoms with van der Waals surface area (Å²) in [6.45, 7) is 1.84. The predicted octanol–water partition coefficient (Wildman–Crippen LogP) is 4.39. The third-order valence-electron chi connectivity index (χ3n) is 3.85. The van der Waals surface area contributed by atoms with Crippen molar-refractivity contribution in [3.05, 3.63) is 48.0 Å². The van der Waals surface area contributed by atoms with Gasteiger partial charge in [0.1, 0.15) is 11.6 Å². The summed E-state index contributed by atoms with van der Waals surface area (Å²) < 4.78 is 52.0. The number of imidazole rings is 1. The Balaban J connectivity index is 2.05. The number of alkyl halides is 3. The van der Waals surface area contributed by atoms with Gasteiger partial charge in [-0.1, -0.05) is 0 Å². The van der Waals surface area contributed by atoms with Gasteiger partial charge in [-0.25, -0.2) is 4.98 Å². The molecule has 1 heterocycles. The van der Waals surface area contributed by atoms with Crippen molar-refractivity contribution in [1.82, 2.24) is 9.55 Å². The van der Waals surface area contributed by atoms with E-state index < -0.39 is 22.9 Å². The van der Waals surface area contributed by atoms with E-state index in [0.717, 1.165) is 22.6 Å². The van der Waals surface area contributed by atoms with Crippen LogP contribution in [0.5, 0.6) is 0 Å². The molecule has 0 aliphatic heterocycles. The minimum Gasteiger partial charge on any atom is -0.611 e. The summed E-state index contributed by atoms with van der Waals surface area (Å²) in [5.41, 5.74) is 0.968. The molecule has 24 heavy (non-hydrogen) atoms. The van der Waals surface area contributed by atoms with Crippen LogP contribution in [0, 0.1) is 0 Å². The van der Waals surface area contributed by atoms with Gasteiger partial charge in [0.05, 0.1) is 16.6 Å². The van der Waals surface area contributed by atoms with Crippen LogP contribution in [0.15, 0.2) is 47.4 Å². The molecular formula is C17H15F3N2OS. The van der Waals surface area contributed by atoms with Gasteiger partial charge in [-0.3, -0.25) is 0 Å². The molecule has 2 aromatic carbocycles. The van der Waals surface area contributed by atoms with E-state index in [1.54, 1.807) is 35.9 Å². The standard InChI is InChI=1S/C17H15F3N2OS/c1-3-24(23)13-7-4-11(5-8-13)16-21-14-10-12(17(18,19)20)6-9-15(14)22(16)2/h4-10H,3H2,1-2H3. The van der Waals surface area contributed by atoms with Crippen molar-refractivity contribution in [2.75, 3.05) is 5.75 Å². The summed E-state index contributed by atoms with van der Waals surface area (Å²) in [7, 11) is 1.76. The van der Waals surface area contributed by atoms with Gasteiger partial charge in [0.2, 0.25) is 0 Å². The summed E-state index contributed by atoms with van der Waals surface area (Å²) in [6, 6.07) is 10.6. The van der Waals surface area contributed by atoms with Crippen molar-refractivity contribution in [2.24, 2.45) is 7.05 Å². The Hall–Kier alpha value is -1.99. The molecule has 1 aromatic heterocycles. The van der Waals surface area contributed by atoms with E-state index in [4.69, 9.17) is 0 Å². The van der Waals surface area contributed by atoms with E-state index in [9.17, 15) is 17.7 Å². The van der Waals surface area contributed by atoms with E-state index >= 15 is 0 Å². The number of hydrogen-bond acceptors (Lipinski definition) is 2. The van der Waals surface area contributed by atoms with E-state index in [1.807, 2.05) is 6.92 Å². The van der Waals surface area contributed by atoms with Gasteiger partial charge in [-0.05, 0) is 60.6 Å². The zero-order valence-corrected chi connectivity index (χ0v) is 13.9. The summed E-state index contributed by atoms with van der Waals surface area (Å²) in [5, 5.41) is 0. The maximum absolute atomic E-state index is 12.8. The molecule has 0 aliphatic carbocycles. The van der Waals surface area contributed by atoms with Crippen LogP contribution >= 0.6 is 0 Å². The van der Waals surface area contributed by atoms with Crippen molar-refractivity contribution >= 4 is 22.2 Å². The van der Waals surface area contributed by atoms with Gasteiger partial charge >= 0.3 is 6.18 Å².